The molecule has 0 unspecified atom stereocenters. The molecule has 0 atom stereocenters. The van der Waals surface area contributed by atoms with Gasteiger partial charge in [-0.15, -0.1) is 0 Å². The van der Waals surface area contributed by atoms with Crippen molar-refractivity contribution in [2.24, 2.45) is 4.99 Å². The third kappa shape index (κ3) is 8.78. The SMILES string of the molecule is COc1cc(/C=C2/C=C(c3ccccc3)OC2=O)ccc1CC(=O)O.COc1cc(/C=C2\N=C(c3ccccc3)OC2=O)ccc1CC(=O)O. The summed E-state index contributed by atoms with van der Waals surface area (Å²) in [5.74, 6) is -1.16. The lowest BCUT2D eigenvalue weighted by Crippen LogP contribution is -2.05. The summed E-state index contributed by atoms with van der Waals surface area (Å²) in [4.78, 5) is 50.1. The highest BCUT2D eigenvalue weighted by Crippen LogP contribution is 2.29. The Labute approximate surface area is 287 Å². The molecular weight excluding hydrogens is 642 g/mol. The Morgan fingerprint density at radius 1 is 0.680 bits per heavy atom. The van der Waals surface area contributed by atoms with E-state index in [1.165, 1.54) is 14.2 Å². The zero-order valence-electron chi connectivity index (χ0n) is 27.0. The highest BCUT2D eigenvalue weighted by atomic mass is 16.6. The molecule has 0 fully saturated rings. The lowest BCUT2D eigenvalue weighted by atomic mass is 10.0. The molecule has 4 aromatic rings. The molecular formula is C39H31NO10. The number of hydrogen-bond donors (Lipinski definition) is 2. The summed E-state index contributed by atoms with van der Waals surface area (Å²) in [6, 6.07) is 28.7. The van der Waals surface area contributed by atoms with Crippen LogP contribution in [0, 0.1) is 0 Å². The topological polar surface area (TPSA) is 158 Å². The number of methoxy groups -OCH3 is 2. The highest BCUT2D eigenvalue weighted by Gasteiger charge is 2.24. The third-order valence-electron chi connectivity index (χ3n) is 7.36. The Bertz CT molecular complexity index is 1910. The molecule has 0 amide bonds. The molecule has 0 bridgehead atoms. The van der Waals surface area contributed by atoms with Gasteiger partial charge in [0.15, 0.2) is 5.70 Å². The Kier molecular flexibility index (Phi) is 11.0. The number of nitrogens with zero attached hydrogens (tertiary/aromatic N) is 1. The molecule has 0 saturated carbocycles. The number of cyclic esters (lactones) is 2. The van der Waals surface area contributed by atoms with Crippen LogP contribution in [-0.4, -0.2) is 54.2 Å². The molecule has 0 aromatic heterocycles. The van der Waals surface area contributed by atoms with Crippen molar-refractivity contribution in [3.63, 3.8) is 0 Å². The van der Waals surface area contributed by atoms with E-state index in [1.807, 2.05) is 48.5 Å². The normalized spacial score (nSPS) is 15.0. The lowest BCUT2D eigenvalue weighted by Gasteiger charge is -2.07. The van der Waals surface area contributed by atoms with E-state index in [9.17, 15) is 19.2 Å². The zero-order valence-corrected chi connectivity index (χ0v) is 27.0. The van der Waals surface area contributed by atoms with E-state index >= 15 is 0 Å². The molecule has 2 aliphatic rings. The van der Waals surface area contributed by atoms with Crippen molar-refractivity contribution in [3.05, 3.63) is 148 Å². The van der Waals surface area contributed by atoms with Gasteiger partial charge in [0.05, 0.1) is 32.6 Å². The van der Waals surface area contributed by atoms with Crippen molar-refractivity contribution >= 4 is 47.7 Å². The molecule has 2 N–H and O–H groups in total. The van der Waals surface area contributed by atoms with Crippen LogP contribution < -0.4 is 9.47 Å². The first-order chi connectivity index (χ1) is 24.1. The summed E-state index contributed by atoms with van der Waals surface area (Å²) in [5, 5.41) is 17.8. The Balaban J connectivity index is 0.000000194. The van der Waals surface area contributed by atoms with E-state index in [1.54, 1.807) is 66.8 Å². The van der Waals surface area contributed by atoms with Crippen molar-refractivity contribution in [2.75, 3.05) is 14.2 Å². The summed E-state index contributed by atoms with van der Waals surface area (Å²) in [6.45, 7) is 0. The second-order valence-corrected chi connectivity index (χ2v) is 10.8. The van der Waals surface area contributed by atoms with Gasteiger partial charge in [-0.25, -0.2) is 14.6 Å². The van der Waals surface area contributed by atoms with Crippen molar-refractivity contribution in [3.8, 4) is 11.5 Å². The first-order valence-corrected chi connectivity index (χ1v) is 15.2. The van der Waals surface area contributed by atoms with Gasteiger partial charge in [-0.3, -0.25) is 9.59 Å². The van der Waals surface area contributed by atoms with Crippen molar-refractivity contribution in [2.45, 2.75) is 12.8 Å². The molecule has 50 heavy (non-hydrogen) atoms. The van der Waals surface area contributed by atoms with Crippen LogP contribution in [0.1, 0.15) is 33.4 Å². The van der Waals surface area contributed by atoms with Crippen LogP contribution in [0.15, 0.2) is 119 Å². The smallest absolute Gasteiger partial charge is 0.363 e. The van der Waals surface area contributed by atoms with Crippen LogP contribution in [0.3, 0.4) is 0 Å². The first-order valence-electron chi connectivity index (χ1n) is 15.2. The van der Waals surface area contributed by atoms with Crippen LogP contribution in [0.5, 0.6) is 11.5 Å². The number of carboxylic acid groups (broad SMARTS) is 2. The van der Waals surface area contributed by atoms with Crippen LogP contribution in [0.25, 0.3) is 17.9 Å². The molecule has 0 radical (unpaired) electrons. The van der Waals surface area contributed by atoms with Gasteiger partial charge in [-0.2, -0.15) is 0 Å². The van der Waals surface area contributed by atoms with Gasteiger partial charge < -0.3 is 29.2 Å². The maximum absolute atomic E-state index is 12.1. The molecule has 0 spiro atoms. The van der Waals surface area contributed by atoms with E-state index in [0.717, 1.165) is 11.1 Å². The summed E-state index contributed by atoms with van der Waals surface area (Å²) >= 11 is 0. The number of esters is 2. The molecule has 11 nitrogen and oxygen atoms in total. The quantitative estimate of drug-likeness (QED) is 0.152. The minimum absolute atomic E-state index is 0.125. The average Bonchev–Trinajstić information content (AvgIpc) is 3.67. The molecule has 0 aliphatic carbocycles. The van der Waals surface area contributed by atoms with Crippen molar-refractivity contribution in [1.29, 1.82) is 0 Å². The maximum Gasteiger partial charge on any atom is 0.363 e. The number of hydrogen-bond acceptors (Lipinski definition) is 9. The minimum Gasteiger partial charge on any atom is -0.496 e. The molecule has 4 aromatic carbocycles. The van der Waals surface area contributed by atoms with Crippen LogP contribution in [0.4, 0.5) is 0 Å². The van der Waals surface area contributed by atoms with Gasteiger partial charge in [0, 0.05) is 22.3 Å². The fourth-order valence-electron chi connectivity index (χ4n) is 5.00. The second-order valence-electron chi connectivity index (χ2n) is 10.8. The van der Waals surface area contributed by atoms with Crippen LogP contribution in [-0.2, 0) is 41.5 Å². The maximum atomic E-state index is 12.1. The number of ether oxygens (including phenoxy) is 4. The average molecular weight is 674 g/mol. The van der Waals surface area contributed by atoms with Gasteiger partial charge in [0.25, 0.3) is 0 Å². The molecule has 6 rings (SSSR count). The Morgan fingerprint density at radius 3 is 1.72 bits per heavy atom. The van der Waals surface area contributed by atoms with Gasteiger partial charge >= 0.3 is 23.9 Å². The van der Waals surface area contributed by atoms with E-state index in [2.05, 4.69) is 4.99 Å². The van der Waals surface area contributed by atoms with E-state index in [0.29, 0.717) is 45.1 Å². The van der Waals surface area contributed by atoms with E-state index in [-0.39, 0.29) is 24.4 Å². The number of carbonyl (C=O) groups is 4. The summed E-state index contributed by atoms with van der Waals surface area (Å²) in [6.07, 6.45) is 4.69. The molecule has 2 aliphatic heterocycles. The summed E-state index contributed by atoms with van der Waals surface area (Å²) < 4.78 is 21.0. The molecule has 11 heteroatoms. The number of aliphatic imine (C=N–C) groups is 1. The second kappa shape index (κ2) is 15.9. The number of benzene rings is 4. The number of aliphatic carboxylic acids is 2. The molecule has 252 valence electrons. The summed E-state index contributed by atoms with van der Waals surface area (Å²) in [7, 11) is 2.95. The van der Waals surface area contributed by atoms with Gasteiger partial charge in [0.2, 0.25) is 5.90 Å². The molecule has 2 heterocycles. The van der Waals surface area contributed by atoms with Crippen molar-refractivity contribution in [1.82, 2.24) is 0 Å². The zero-order chi connectivity index (χ0) is 35.6. The van der Waals surface area contributed by atoms with Gasteiger partial charge in [-0.05, 0) is 53.6 Å². The first kappa shape index (κ1) is 34.6. The number of carboxylic acids is 2. The van der Waals surface area contributed by atoms with Gasteiger partial charge in [-0.1, -0.05) is 72.8 Å². The molecule has 0 saturated heterocycles. The van der Waals surface area contributed by atoms with Crippen LogP contribution >= 0.6 is 0 Å². The number of carbonyl (C=O) groups excluding carboxylic acids is 2. The van der Waals surface area contributed by atoms with Gasteiger partial charge in [0.1, 0.15) is 17.3 Å². The number of rotatable bonds is 10. The predicted octanol–water partition coefficient (Wildman–Crippen LogP) is 5.97. The summed E-state index contributed by atoms with van der Waals surface area (Å²) in [5.41, 5.74) is 4.66. The Hall–Kier alpha value is -6.75. The van der Waals surface area contributed by atoms with E-state index in [4.69, 9.17) is 29.2 Å². The van der Waals surface area contributed by atoms with Crippen LogP contribution in [0.2, 0.25) is 0 Å². The fraction of sp³-hybridized carbons (Fsp3) is 0.103. The minimum atomic E-state index is -0.944. The predicted molar refractivity (Wildman–Crippen MR) is 184 cm³/mol. The van der Waals surface area contributed by atoms with Crippen molar-refractivity contribution < 1.29 is 48.3 Å². The highest BCUT2D eigenvalue weighted by molar-refractivity contribution is 6.12. The lowest BCUT2D eigenvalue weighted by molar-refractivity contribution is -0.137. The monoisotopic (exact) mass is 673 g/mol. The fourth-order valence-corrected chi connectivity index (χ4v) is 5.00. The Morgan fingerprint density at radius 2 is 1.20 bits per heavy atom. The standard InChI is InChI=1S/C20H16O5.C19H15NO5/c1-24-17-10-13(7-8-15(17)12-19(21)22)9-16-11-18(25-20(16)23)14-5-3-2-4-6-14;1-24-16-10-12(7-8-14(16)11-17(21)22)9-15-19(23)25-18(20-15)13-5-3-2-4-6-13/h2-11H,12H2,1H3,(H,21,22);2-10H,11H2,1H3,(H,21,22)/b16-9-;15-9-. The third-order valence-corrected chi connectivity index (χ3v) is 7.36. The largest absolute Gasteiger partial charge is 0.496 e. The van der Waals surface area contributed by atoms with E-state index < -0.39 is 23.9 Å².